The number of carbonyl (C=O) groups excluding carboxylic acids is 2. The molecule has 0 bridgehead atoms. The zero-order valence-corrected chi connectivity index (χ0v) is 18.2. The molecule has 2 amide bonds. The van der Waals surface area contributed by atoms with Crippen LogP contribution in [0.2, 0.25) is 0 Å². The van der Waals surface area contributed by atoms with Crippen LogP contribution in [0.3, 0.4) is 0 Å². The van der Waals surface area contributed by atoms with Crippen LogP contribution in [0.5, 0.6) is 0 Å². The fourth-order valence-electron chi connectivity index (χ4n) is 3.03. The third-order valence-corrected chi connectivity index (χ3v) is 5.88. The molecule has 0 aliphatic carbocycles. The van der Waals surface area contributed by atoms with Gasteiger partial charge in [0.25, 0.3) is 5.91 Å². The van der Waals surface area contributed by atoms with Crippen molar-refractivity contribution in [3.8, 4) is 10.6 Å². The van der Waals surface area contributed by atoms with E-state index in [9.17, 15) is 9.59 Å². The van der Waals surface area contributed by atoms with Crippen molar-refractivity contribution < 1.29 is 9.59 Å². The number of hydrogen-bond donors (Lipinski definition) is 4. The molecule has 3 rings (SSSR count). The Labute approximate surface area is 179 Å². The van der Waals surface area contributed by atoms with Crippen LogP contribution in [-0.2, 0) is 4.79 Å². The third-order valence-electron chi connectivity index (χ3n) is 4.84. The number of nitrogens with zero attached hydrogens (tertiary/aromatic N) is 3. The normalized spacial score (nSPS) is 15.8. The first kappa shape index (κ1) is 21.4. The van der Waals surface area contributed by atoms with Gasteiger partial charge in [-0.2, -0.15) is 0 Å². The van der Waals surface area contributed by atoms with Gasteiger partial charge in [0.15, 0.2) is 5.84 Å². The lowest BCUT2D eigenvalue weighted by Gasteiger charge is -2.22. The number of rotatable bonds is 6. The molecule has 1 aliphatic heterocycles. The van der Waals surface area contributed by atoms with Gasteiger partial charge < -0.3 is 16.0 Å². The maximum atomic E-state index is 12.8. The summed E-state index contributed by atoms with van der Waals surface area (Å²) < 4.78 is 0. The molecule has 0 unspecified atom stereocenters. The summed E-state index contributed by atoms with van der Waals surface area (Å²) in [5, 5.41) is 17.7. The lowest BCUT2D eigenvalue weighted by atomic mass is 9.92. The van der Waals surface area contributed by atoms with Crippen LogP contribution in [0.4, 0.5) is 5.82 Å². The highest BCUT2D eigenvalue weighted by Crippen LogP contribution is 2.31. The standard InChI is InChI=1S/C20H25N7O2S/c1-20(2)6-8-27(19(20)29)16(21)13(10-22-3)26-17(28)14-11-25-18(30-14)12-5-7-24-15(9-12)23-4/h5,7,9-11,21-22H,6,8H2,1-4H3,(H,23,24)(H,26,28)/b13-10+,21-16?. The topological polar surface area (TPSA) is 123 Å². The number of likely N-dealkylation sites (tertiary alicyclic amines) is 1. The highest BCUT2D eigenvalue weighted by atomic mass is 32.1. The Balaban J connectivity index is 1.76. The minimum absolute atomic E-state index is 0.0363. The van der Waals surface area contributed by atoms with E-state index in [1.54, 1.807) is 20.3 Å². The summed E-state index contributed by atoms with van der Waals surface area (Å²) >= 11 is 1.24. The molecule has 1 fully saturated rings. The average molecular weight is 428 g/mol. The van der Waals surface area contributed by atoms with Crippen molar-refractivity contribution in [2.24, 2.45) is 5.41 Å². The van der Waals surface area contributed by atoms with Crippen molar-refractivity contribution in [3.63, 3.8) is 0 Å². The van der Waals surface area contributed by atoms with Gasteiger partial charge in [-0.15, -0.1) is 11.3 Å². The molecule has 0 aromatic carbocycles. The quantitative estimate of drug-likeness (QED) is 0.414. The van der Waals surface area contributed by atoms with Gasteiger partial charge in [-0.3, -0.25) is 19.9 Å². The molecule has 4 N–H and O–H groups in total. The van der Waals surface area contributed by atoms with E-state index in [0.717, 1.165) is 5.56 Å². The number of thiazole rings is 1. The van der Waals surface area contributed by atoms with Gasteiger partial charge in [-0.1, -0.05) is 13.8 Å². The average Bonchev–Trinajstić information content (AvgIpc) is 3.33. The SMILES string of the molecule is CN/C=C(/NC(=O)c1cnc(-c2ccnc(NC)c2)s1)C(=N)N1CCC(C)(C)C1=O. The predicted molar refractivity (Wildman–Crippen MR) is 117 cm³/mol. The second-order valence-corrected chi connectivity index (χ2v) is 8.48. The maximum absolute atomic E-state index is 12.8. The molecule has 2 aromatic rings. The van der Waals surface area contributed by atoms with Gasteiger partial charge in [-0.25, -0.2) is 9.97 Å². The summed E-state index contributed by atoms with van der Waals surface area (Å²) in [6.45, 7) is 4.17. The van der Waals surface area contributed by atoms with Gasteiger partial charge >= 0.3 is 0 Å². The lowest BCUT2D eigenvalue weighted by Crippen LogP contribution is -2.41. The smallest absolute Gasteiger partial charge is 0.267 e. The Kier molecular flexibility index (Phi) is 6.16. The van der Waals surface area contributed by atoms with E-state index in [1.165, 1.54) is 28.6 Å². The zero-order chi connectivity index (χ0) is 21.9. The van der Waals surface area contributed by atoms with Gasteiger partial charge in [0, 0.05) is 44.0 Å². The molecule has 0 saturated carbocycles. The van der Waals surface area contributed by atoms with Crippen LogP contribution in [-0.4, -0.2) is 53.2 Å². The summed E-state index contributed by atoms with van der Waals surface area (Å²) in [5.74, 6) is 0.158. The zero-order valence-electron chi connectivity index (χ0n) is 17.4. The number of amidine groups is 1. The molecule has 1 saturated heterocycles. The van der Waals surface area contributed by atoms with Crippen LogP contribution in [0.1, 0.15) is 29.9 Å². The molecule has 1 aliphatic rings. The Morgan fingerprint density at radius 3 is 2.73 bits per heavy atom. The molecule has 0 atom stereocenters. The predicted octanol–water partition coefficient (Wildman–Crippen LogP) is 2.27. The van der Waals surface area contributed by atoms with Crippen molar-refractivity contribution in [3.05, 3.63) is 41.3 Å². The summed E-state index contributed by atoms with van der Waals surface area (Å²) in [6, 6.07) is 3.67. The van der Waals surface area contributed by atoms with Crippen LogP contribution < -0.4 is 16.0 Å². The fraction of sp³-hybridized carbons (Fsp3) is 0.350. The van der Waals surface area contributed by atoms with Gasteiger partial charge in [-0.05, 0) is 18.6 Å². The van der Waals surface area contributed by atoms with Crippen LogP contribution >= 0.6 is 11.3 Å². The fourth-order valence-corrected chi connectivity index (χ4v) is 3.84. The van der Waals surface area contributed by atoms with Crippen LogP contribution in [0.25, 0.3) is 10.6 Å². The van der Waals surface area contributed by atoms with Crippen LogP contribution in [0.15, 0.2) is 36.4 Å². The van der Waals surface area contributed by atoms with E-state index in [4.69, 9.17) is 5.41 Å². The summed E-state index contributed by atoms with van der Waals surface area (Å²) in [5.41, 5.74) is 0.566. The van der Waals surface area contributed by atoms with Crippen molar-refractivity contribution in [1.82, 2.24) is 25.5 Å². The highest BCUT2D eigenvalue weighted by molar-refractivity contribution is 7.16. The first-order chi connectivity index (χ1) is 14.3. The lowest BCUT2D eigenvalue weighted by molar-refractivity contribution is -0.131. The summed E-state index contributed by atoms with van der Waals surface area (Å²) in [7, 11) is 3.45. The molecule has 30 heavy (non-hydrogen) atoms. The van der Waals surface area contributed by atoms with Crippen molar-refractivity contribution in [2.75, 3.05) is 26.0 Å². The number of aromatic nitrogens is 2. The third kappa shape index (κ3) is 4.33. The van der Waals surface area contributed by atoms with E-state index < -0.39 is 5.41 Å². The maximum Gasteiger partial charge on any atom is 0.267 e. The highest BCUT2D eigenvalue weighted by Gasteiger charge is 2.41. The number of nitrogens with one attached hydrogen (secondary N) is 4. The minimum Gasteiger partial charge on any atom is -0.392 e. The molecule has 10 heteroatoms. The monoisotopic (exact) mass is 427 g/mol. The first-order valence-corrected chi connectivity index (χ1v) is 10.3. The molecular formula is C20H25N7O2S. The number of anilines is 1. The van der Waals surface area contributed by atoms with Crippen molar-refractivity contribution in [2.45, 2.75) is 20.3 Å². The van der Waals surface area contributed by atoms with Gasteiger partial charge in [0.05, 0.1) is 11.9 Å². The second-order valence-electron chi connectivity index (χ2n) is 7.45. The Morgan fingerprint density at radius 2 is 2.10 bits per heavy atom. The van der Waals surface area contributed by atoms with E-state index in [1.807, 2.05) is 26.0 Å². The molecule has 0 radical (unpaired) electrons. The molecule has 9 nitrogen and oxygen atoms in total. The number of amides is 2. The number of hydrogen-bond acceptors (Lipinski definition) is 8. The van der Waals surface area contributed by atoms with Crippen LogP contribution in [0, 0.1) is 10.8 Å². The van der Waals surface area contributed by atoms with E-state index in [2.05, 4.69) is 25.9 Å². The first-order valence-electron chi connectivity index (χ1n) is 9.46. The van der Waals surface area contributed by atoms with Gasteiger partial charge in [0.1, 0.15) is 15.7 Å². The summed E-state index contributed by atoms with van der Waals surface area (Å²) in [4.78, 5) is 35.7. The van der Waals surface area contributed by atoms with E-state index in [0.29, 0.717) is 28.7 Å². The molecule has 158 valence electrons. The minimum atomic E-state index is -0.510. The number of carbonyl (C=O) groups is 2. The summed E-state index contributed by atoms with van der Waals surface area (Å²) in [6.07, 6.45) is 5.34. The van der Waals surface area contributed by atoms with E-state index >= 15 is 0 Å². The van der Waals surface area contributed by atoms with Crippen molar-refractivity contribution in [1.29, 1.82) is 5.41 Å². The largest absolute Gasteiger partial charge is 0.392 e. The van der Waals surface area contributed by atoms with Crippen molar-refractivity contribution >= 4 is 34.8 Å². The number of pyridine rings is 1. The Hall–Kier alpha value is -3.27. The Morgan fingerprint density at radius 1 is 1.33 bits per heavy atom. The molecular weight excluding hydrogens is 402 g/mol. The van der Waals surface area contributed by atoms with E-state index in [-0.39, 0.29) is 23.3 Å². The molecule has 2 aromatic heterocycles. The van der Waals surface area contributed by atoms with Gasteiger partial charge in [0.2, 0.25) is 5.91 Å². The molecule has 0 spiro atoms. The molecule has 3 heterocycles. The second kappa shape index (κ2) is 8.62. The Bertz CT molecular complexity index is 1010.